The Balaban J connectivity index is 1.80. The van der Waals surface area contributed by atoms with Gasteiger partial charge in [-0.3, -0.25) is 9.59 Å². The summed E-state index contributed by atoms with van der Waals surface area (Å²) in [5, 5.41) is 2.94. The number of amides is 2. The predicted octanol–water partition coefficient (Wildman–Crippen LogP) is 1.28. The molecule has 0 radical (unpaired) electrons. The molecule has 1 fully saturated rings. The van der Waals surface area contributed by atoms with Crippen LogP contribution in [0.3, 0.4) is 0 Å². The Morgan fingerprint density at radius 2 is 2.19 bits per heavy atom. The lowest BCUT2D eigenvalue weighted by Gasteiger charge is -2.31. The van der Waals surface area contributed by atoms with Crippen molar-refractivity contribution in [3.8, 4) is 0 Å². The Bertz CT molecular complexity index is 464. The van der Waals surface area contributed by atoms with Crippen LogP contribution in [-0.4, -0.2) is 49.6 Å². The van der Waals surface area contributed by atoms with E-state index in [2.05, 4.69) is 5.32 Å². The van der Waals surface area contributed by atoms with Gasteiger partial charge < -0.3 is 19.4 Å². The average molecular weight is 294 g/mol. The summed E-state index contributed by atoms with van der Waals surface area (Å²) in [6.07, 6.45) is 4.32. The molecule has 1 atom stereocenters. The molecule has 1 unspecified atom stereocenters. The van der Waals surface area contributed by atoms with E-state index in [9.17, 15) is 9.59 Å². The average Bonchev–Trinajstić information content (AvgIpc) is 3.01. The van der Waals surface area contributed by atoms with Crippen molar-refractivity contribution in [2.45, 2.75) is 25.8 Å². The summed E-state index contributed by atoms with van der Waals surface area (Å²) in [6, 6.07) is 1.67. The number of rotatable bonds is 5. The van der Waals surface area contributed by atoms with Crippen molar-refractivity contribution in [1.29, 1.82) is 0 Å². The van der Waals surface area contributed by atoms with Crippen LogP contribution in [0.25, 0.3) is 0 Å². The fraction of sp³-hybridized carbons (Fsp3) is 0.600. The Morgan fingerprint density at radius 3 is 2.76 bits per heavy atom. The molecule has 1 aromatic heterocycles. The summed E-state index contributed by atoms with van der Waals surface area (Å²) < 4.78 is 9.93. The number of carbonyl (C=O) groups excluding carboxylic acids is 2. The highest BCUT2D eigenvalue weighted by Crippen LogP contribution is 2.19. The number of nitrogens with one attached hydrogen (secondary N) is 1. The van der Waals surface area contributed by atoms with Crippen molar-refractivity contribution < 1.29 is 18.7 Å². The zero-order valence-electron chi connectivity index (χ0n) is 12.5. The molecule has 1 aromatic rings. The standard InChI is InChI=1S/C15H22N2O4/c1-11(9-20-2)16-14(18)12-3-6-17(7-4-12)15(19)13-5-8-21-10-13/h5,8,10-12H,3-4,6-7,9H2,1-2H3,(H,16,18). The van der Waals surface area contributed by atoms with Crippen LogP contribution >= 0.6 is 0 Å². The van der Waals surface area contributed by atoms with Gasteiger partial charge >= 0.3 is 0 Å². The van der Waals surface area contributed by atoms with Crippen LogP contribution < -0.4 is 5.32 Å². The molecular formula is C15H22N2O4. The number of piperidine rings is 1. The van der Waals surface area contributed by atoms with E-state index in [1.807, 2.05) is 6.92 Å². The lowest BCUT2D eigenvalue weighted by molar-refractivity contribution is -0.127. The number of hydrogen-bond acceptors (Lipinski definition) is 4. The number of carbonyl (C=O) groups is 2. The third kappa shape index (κ3) is 4.07. The van der Waals surface area contributed by atoms with E-state index in [0.29, 0.717) is 38.1 Å². The number of nitrogens with zero attached hydrogens (tertiary/aromatic N) is 1. The number of furan rings is 1. The van der Waals surface area contributed by atoms with Gasteiger partial charge in [-0.25, -0.2) is 0 Å². The second-order valence-electron chi connectivity index (χ2n) is 5.44. The molecule has 0 saturated carbocycles. The summed E-state index contributed by atoms with van der Waals surface area (Å²) in [4.78, 5) is 26.0. The number of likely N-dealkylation sites (tertiary alicyclic amines) is 1. The van der Waals surface area contributed by atoms with Crippen molar-refractivity contribution in [1.82, 2.24) is 10.2 Å². The van der Waals surface area contributed by atoms with E-state index < -0.39 is 0 Å². The van der Waals surface area contributed by atoms with Crippen LogP contribution in [0.2, 0.25) is 0 Å². The van der Waals surface area contributed by atoms with Gasteiger partial charge in [0, 0.05) is 32.2 Å². The topological polar surface area (TPSA) is 71.8 Å². The molecule has 6 heteroatoms. The molecule has 0 aliphatic carbocycles. The zero-order valence-corrected chi connectivity index (χ0v) is 12.5. The largest absolute Gasteiger partial charge is 0.472 e. The monoisotopic (exact) mass is 294 g/mol. The number of ether oxygens (including phenoxy) is 1. The molecule has 0 spiro atoms. The van der Waals surface area contributed by atoms with Crippen LogP contribution in [0.4, 0.5) is 0 Å². The van der Waals surface area contributed by atoms with Gasteiger partial charge in [0.15, 0.2) is 0 Å². The maximum atomic E-state index is 12.1. The SMILES string of the molecule is COCC(C)NC(=O)C1CCN(C(=O)c2ccoc2)CC1. The molecule has 116 valence electrons. The van der Waals surface area contributed by atoms with Gasteiger partial charge in [-0.2, -0.15) is 0 Å². The van der Waals surface area contributed by atoms with Crippen molar-refractivity contribution in [2.75, 3.05) is 26.8 Å². The molecule has 1 N–H and O–H groups in total. The summed E-state index contributed by atoms with van der Waals surface area (Å²) in [5.41, 5.74) is 0.562. The minimum absolute atomic E-state index is 0.00749. The van der Waals surface area contributed by atoms with E-state index in [1.165, 1.54) is 12.5 Å². The van der Waals surface area contributed by atoms with E-state index in [1.54, 1.807) is 18.1 Å². The summed E-state index contributed by atoms with van der Waals surface area (Å²) >= 11 is 0. The molecule has 2 rings (SSSR count). The first-order chi connectivity index (χ1) is 10.1. The first-order valence-corrected chi connectivity index (χ1v) is 7.22. The van der Waals surface area contributed by atoms with E-state index in [-0.39, 0.29) is 23.8 Å². The van der Waals surface area contributed by atoms with Gasteiger partial charge in [-0.1, -0.05) is 0 Å². The molecule has 0 aromatic carbocycles. The van der Waals surface area contributed by atoms with E-state index in [0.717, 1.165) is 0 Å². The van der Waals surface area contributed by atoms with Gasteiger partial charge in [0.05, 0.1) is 18.4 Å². The van der Waals surface area contributed by atoms with E-state index in [4.69, 9.17) is 9.15 Å². The highest BCUT2D eigenvalue weighted by atomic mass is 16.5. The van der Waals surface area contributed by atoms with Gasteiger partial charge in [0.1, 0.15) is 6.26 Å². The first kappa shape index (κ1) is 15.6. The Morgan fingerprint density at radius 1 is 1.48 bits per heavy atom. The molecule has 1 aliphatic heterocycles. The zero-order chi connectivity index (χ0) is 15.2. The summed E-state index contributed by atoms with van der Waals surface area (Å²) in [5.74, 6) is -0.0111. The third-order valence-corrected chi connectivity index (χ3v) is 3.73. The number of methoxy groups -OCH3 is 1. The quantitative estimate of drug-likeness (QED) is 0.888. The van der Waals surface area contributed by atoms with E-state index >= 15 is 0 Å². The minimum Gasteiger partial charge on any atom is -0.472 e. The van der Waals surface area contributed by atoms with Crippen LogP contribution in [-0.2, 0) is 9.53 Å². The highest BCUT2D eigenvalue weighted by Gasteiger charge is 2.28. The molecule has 21 heavy (non-hydrogen) atoms. The number of hydrogen-bond donors (Lipinski definition) is 1. The maximum absolute atomic E-state index is 12.1. The summed E-state index contributed by atoms with van der Waals surface area (Å²) in [7, 11) is 1.61. The smallest absolute Gasteiger partial charge is 0.257 e. The lowest BCUT2D eigenvalue weighted by Crippen LogP contribution is -2.45. The van der Waals surface area contributed by atoms with Crippen LogP contribution in [0.1, 0.15) is 30.1 Å². The predicted molar refractivity (Wildman–Crippen MR) is 76.8 cm³/mol. The fourth-order valence-electron chi connectivity index (χ4n) is 2.57. The van der Waals surface area contributed by atoms with Gasteiger partial charge in [0.2, 0.25) is 5.91 Å². The normalized spacial score (nSPS) is 17.5. The van der Waals surface area contributed by atoms with Crippen molar-refractivity contribution in [3.05, 3.63) is 24.2 Å². The van der Waals surface area contributed by atoms with Crippen LogP contribution in [0.15, 0.2) is 23.0 Å². The summed E-state index contributed by atoms with van der Waals surface area (Å²) in [6.45, 7) is 3.62. The Kier molecular flexibility index (Phi) is 5.38. The minimum atomic E-state index is -0.0321. The van der Waals surface area contributed by atoms with Crippen molar-refractivity contribution >= 4 is 11.8 Å². The fourth-order valence-corrected chi connectivity index (χ4v) is 2.57. The molecule has 2 amide bonds. The van der Waals surface area contributed by atoms with Crippen LogP contribution in [0.5, 0.6) is 0 Å². The molecule has 2 heterocycles. The molecular weight excluding hydrogens is 272 g/mol. The second kappa shape index (κ2) is 7.26. The Hall–Kier alpha value is -1.82. The van der Waals surface area contributed by atoms with Gasteiger partial charge in [-0.05, 0) is 25.8 Å². The third-order valence-electron chi connectivity index (χ3n) is 3.73. The maximum Gasteiger partial charge on any atom is 0.257 e. The molecule has 6 nitrogen and oxygen atoms in total. The van der Waals surface area contributed by atoms with Crippen LogP contribution in [0, 0.1) is 5.92 Å². The molecule has 1 saturated heterocycles. The van der Waals surface area contributed by atoms with Gasteiger partial charge in [-0.15, -0.1) is 0 Å². The Labute approximate surface area is 124 Å². The highest BCUT2D eigenvalue weighted by molar-refractivity contribution is 5.94. The van der Waals surface area contributed by atoms with Crippen molar-refractivity contribution in [3.63, 3.8) is 0 Å². The molecule has 0 bridgehead atoms. The molecule has 1 aliphatic rings. The first-order valence-electron chi connectivity index (χ1n) is 7.22. The van der Waals surface area contributed by atoms with Crippen molar-refractivity contribution in [2.24, 2.45) is 5.92 Å². The second-order valence-corrected chi connectivity index (χ2v) is 5.44. The lowest BCUT2D eigenvalue weighted by atomic mass is 9.95. The van der Waals surface area contributed by atoms with Gasteiger partial charge in [0.25, 0.3) is 5.91 Å².